The lowest BCUT2D eigenvalue weighted by Crippen LogP contribution is -2.33. The molecule has 0 saturated heterocycles. The Kier molecular flexibility index (Phi) is 4.87. The summed E-state index contributed by atoms with van der Waals surface area (Å²) in [6.07, 6.45) is 0.210. The molecule has 1 aromatic rings. The Balaban J connectivity index is 2.93. The van der Waals surface area contributed by atoms with Crippen LogP contribution in [0.5, 0.6) is 0 Å². The van der Waals surface area contributed by atoms with E-state index in [1.165, 1.54) is 7.11 Å². The summed E-state index contributed by atoms with van der Waals surface area (Å²) in [6.45, 7) is 0. The first kappa shape index (κ1) is 13.6. The predicted molar refractivity (Wildman–Crippen MR) is 65.2 cm³/mol. The molecule has 0 unspecified atom stereocenters. The van der Waals surface area contributed by atoms with Crippen LogP contribution in [0.1, 0.15) is 5.56 Å². The Morgan fingerprint density at radius 2 is 1.88 bits per heavy atom. The smallest absolute Gasteiger partial charge is 0.322 e. The van der Waals surface area contributed by atoms with E-state index in [1.54, 1.807) is 12.1 Å². The van der Waals surface area contributed by atoms with Crippen LogP contribution in [0.25, 0.3) is 0 Å². The molecule has 0 aliphatic carbocycles. The molecule has 1 aromatic carbocycles. The van der Waals surface area contributed by atoms with Crippen LogP contribution < -0.4 is 5.73 Å². The van der Waals surface area contributed by atoms with Crippen molar-refractivity contribution in [2.24, 2.45) is 5.73 Å². The molecule has 0 spiro atoms. The molecule has 0 amide bonds. The van der Waals surface area contributed by atoms with Gasteiger partial charge >= 0.3 is 5.97 Å². The number of rotatable bonds is 3. The Bertz CT molecular complexity index is 386. The minimum atomic E-state index is -0.791. The van der Waals surface area contributed by atoms with Crippen molar-refractivity contribution in [2.75, 3.05) is 7.11 Å². The summed E-state index contributed by atoms with van der Waals surface area (Å²) in [5.41, 5.74) is 6.20. The molecule has 0 bridgehead atoms. The van der Waals surface area contributed by atoms with Crippen molar-refractivity contribution < 1.29 is 9.53 Å². The quantitative estimate of drug-likeness (QED) is 0.867. The highest BCUT2D eigenvalue weighted by Crippen LogP contribution is 2.29. The molecule has 0 aromatic heterocycles. The summed E-state index contributed by atoms with van der Waals surface area (Å²) in [4.78, 5) is 11.1. The van der Waals surface area contributed by atoms with Crippen molar-refractivity contribution in [1.29, 1.82) is 0 Å². The fourth-order valence-corrected chi connectivity index (χ4v) is 2.19. The summed E-state index contributed by atoms with van der Waals surface area (Å²) in [5.74, 6) is -0.512. The lowest BCUT2D eigenvalue weighted by atomic mass is 10.1. The molecule has 2 N–H and O–H groups in total. The van der Waals surface area contributed by atoms with E-state index in [1.807, 2.05) is 0 Å². The van der Waals surface area contributed by atoms with Crippen molar-refractivity contribution in [3.8, 4) is 0 Å². The van der Waals surface area contributed by atoms with E-state index >= 15 is 0 Å². The summed E-state index contributed by atoms with van der Waals surface area (Å²) in [7, 11) is 1.27. The van der Waals surface area contributed by atoms with E-state index in [0.29, 0.717) is 20.6 Å². The maximum atomic E-state index is 11.1. The molecule has 6 heteroatoms. The third kappa shape index (κ3) is 3.25. The number of carbonyl (C=O) groups is 1. The minimum absolute atomic E-state index is 0.210. The van der Waals surface area contributed by atoms with Crippen LogP contribution in [0.15, 0.2) is 12.1 Å². The number of benzene rings is 1. The van der Waals surface area contributed by atoms with Gasteiger partial charge in [0, 0.05) is 21.5 Å². The fourth-order valence-electron chi connectivity index (χ4n) is 1.22. The summed E-state index contributed by atoms with van der Waals surface area (Å²) < 4.78 is 4.51. The van der Waals surface area contributed by atoms with Crippen LogP contribution in [-0.2, 0) is 16.0 Å². The van der Waals surface area contributed by atoms with Crippen LogP contribution in [0, 0.1) is 0 Å². The number of hydrogen-bond acceptors (Lipinski definition) is 3. The van der Waals surface area contributed by atoms with Crippen molar-refractivity contribution in [1.82, 2.24) is 0 Å². The Labute approximate surface area is 108 Å². The molecule has 3 nitrogen and oxygen atoms in total. The van der Waals surface area contributed by atoms with Crippen LogP contribution in [0.4, 0.5) is 0 Å². The second kappa shape index (κ2) is 5.73. The number of carbonyl (C=O) groups excluding carboxylic acids is 1. The highest BCUT2D eigenvalue weighted by Gasteiger charge is 2.18. The lowest BCUT2D eigenvalue weighted by Gasteiger charge is -2.12. The minimum Gasteiger partial charge on any atom is -0.468 e. The molecule has 0 radical (unpaired) electrons. The van der Waals surface area contributed by atoms with Gasteiger partial charge in [-0.05, 0) is 17.7 Å². The van der Waals surface area contributed by atoms with Gasteiger partial charge in [-0.1, -0.05) is 34.8 Å². The second-order valence-corrected chi connectivity index (χ2v) is 4.43. The zero-order chi connectivity index (χ0) is 12.3. The summed E-state index contributed by atoms with van der Waals surface area (Å²) in [5, 5.41) is 1.21. The van der Waals surface area contributed by atoms with Gasteiger partial charge in [0.15, 0.2) is 0 Å². The fraction of sp³-hybridized carbons (Fsp3) is 0.300. The topological polar surface area (TPSA) is 52.3 Å². The molecule has 0 aliphatic heterocycles. The van der Waals surface area contributed by atoms with Gasteiger partial charge in [-0.2, -0.15) is 0 Å². The summed E-state index contributed by atoms with van der Waals surface area (Å²) >= 11 is 17.7. The monoisotopic (exact) mass is 281 g/mol. The zero-order valence-corrected chi connectivity index (χ0v) is 10.7. The second-order valence-electron chi connectivity index (χ2n) is 3.18. The molecule has 16 heavy (non-hydrogen) atoms. The third-order valence-corrected chi connectivity index (χ3v) is 2.93. The first-order chi connectivity index (χ1) is 7.45. The van der Waals surface area contributed by atoms with Crippen LogP contribution >= 0.6 is 34.8 Å². The SMILES string of the molecule is COC(=O)[C@H](N)Cc1c(Cl)cc(Cl)cc1Cl. The van der Waals surface area contributed by atoms with Crippen molar-refractivity contribution in [3.05, 3.63) is 32.8 Å². The van der Waals surface area contributed by atoms with Crippen molar-refractivity contribution in [3.63, 3.8) is 0 Å². The van der Waals surface area contributed by atoms with Gasteiger partial charge in [0.05, 0.1) is 7.11 Å². The normalized spacial score (nSPS) is 12.3. The molecular formula is C10H10Cl3NO2. The Morgan fingerprint density at radius 3 is 2.31 bits per heavy atom. The molecule has 0 heterocycles. The number of halogens is 3. The van der Waals surface area contributed by atoms with E-state index in [0.717, 1.165) is 0 Å². The number of nitrogens with two attached hydrogens (primary N) is 1. The van der Waals surface area contributed by atoms with Crippen LogP contribution in [-0.4, -0.2) is 19.1 Å². The Hall–Kier alpha value is -0.480. The zero-order valence-electron chi connectivity index (χ0n) is 8.47. The van der Waals surface area contributed by atoms with E-state index < -0.39 is 12.0 Å². The molecule has 1 rings (SSSR count). The largest absolute Gasteiger partial charge is 0.468 e. The van der Waals surface area contributed by atoms with Crippen molar-refractivity contribution in [2.45, 2.75) is 12.5 Å². The van der Waals surface area contributed by atoms with Gasteiger partial charge in [0.25, 0.3) is 0 Å². The first-order valence-electron chi connectivity index (χ1n) is 4.42. The van der Waals surface area contributed by atoms with E-state index in [4.69, 9.17) is 40.5 Å². The van der Waals surface area contributed by atoms with E-state index in [2.05, 4.69) is 4.74 Å². The highest BCUT2D eigenvalue weighted by molar-refractivity contribution is 6.39. The Morgan fingerprint density at radius 1 is 1.38 bits per heavy atom. The van der Waals surface area contributed by atoms with Gasteiger partial charge in [-0.15, -0.1) is 0 Å². The van der Waals surface area contributed by atoms with Crippen LogP contribution in [0.3, 0.4) is 0 Å². The summed E-state index contributed by atoms with van der Waals surface area (Å²) in [6, 6.07) is 2.31. The standard InChI is InChI=1S/C10H10Cl3NO2/c1-16-10(15)9(14)4-6-7(12)2-5(11)3-8(6)13/h2-3,9H,4,14H2,1H3/t9-/m1/s1. The molecule has 0 saturated carbocycles. The molecular weight excluding hydrogens is 272 g/mol. The predicted octanol–water partition coefficient (Wildman–Crippen LogP) is 2.69. The van der Waals surface area contributed by atoms with E-state index in [-0.39, 0.29) is 6.42 Å². The van der Waals surface area contributed by atoms with Gasteiger partial charge in [-0.3, -0.25) is 4.79 Å². The van der Waals surface area contributed by atoms with E-state index in [9.17, 15) is 4.79 Å². The first-order valence-corrected chi connectivity index (χ1v) is 5.56. The number of ether oxygens (including phenoxy) is 1. The molecule has 0 fully saturated rings. The van der Waals surface area contributed by atoms with Gasteiger partial charge in [-0.25, -0.2) is 0 Å². The van der Waals surface area contributed by atoms with Crippen LogP contribution in [0.2, 0.25) is 15.1 Å². The lowest BCUT2D eigenvalue weighted by molar-refractivity contribution is -0.142. The maximum Gasteiger partial charge on any atom is 0.322 e. The number of hydrogen-bond donors (Lipinski definition) is 1. The van der Waals surface area contributed by atoms with Gasteiger partial charge in [0.1, 0.15) is 6.04 Å². The average molecular weight is 283 g/mol. The third-order valence-electron chi connectivity index (χ3n) is 2.03. The molecule has 88 valence electrons. The maximum absolute atomic E-state index is 11.1. The highest BCUT2D eigenvalue weighted by atomic mass is 35.5. The average Bonchev–Trinajstić information content (AvgIpc) is 2.21. The number of esters is 1. The van der Waals surface area contributed by atoms with Crippen molar-refractivity contribution >= 4 is 40.8 Å². The molecule has 0 aliphatic rings. The number of methoxy groups -OCH3 is 1. The van der Waals surface area contributed by atoms with Gasteiger partial charge in [0.2, 0.25) is 0 Å². The van der Waals surface area contributed by atoms with Gasteiger partial charge < -0.3 is 10.5 Å². The molecule has 1 atom stereocenters.